The van der Waals surface area contributed by atoms with Crippen molar-refractivity contribution in [3.8, 4) is 5.75 Å². The van der Waals surface area contributed by atoms with Crippen molar-refractivity contribution >= 4 is 6.08 Å². The van der Waals surface area contributed by atoms with E-state index in [4.69, 9.17) is 4.74 Å². The van der Waals surface area contributed by atoms with E-state index in [1.807, 2.05) is 31.3 Å². The SMILES string of the molecule is CNC/C=C/c1ccccc1OC. The lowest BCUT2D eigenvalue weighted by atomic mass is 10.2. The molecule has 0 saturated heterocycles. The van der Waals surface area contributed by atoms with Crippen LogP contribution in [0.2, 0.25) is 0 Å². The Hall–Kier alpha value is -1.28. The van der Waals surface area contributed by atoms with Crippen LogP contribution in [0, 0.1) is 0 Å². The highest BCUT2D eigenvalue weighted by molar-refractivity contribution is 5.57. The summed E-state index contributed by atoms with van der Waals surface area (Å²) in [6.07, 6.45) is 4.12. The Balaban J connectivity index is 2.74. The molecule has 0 atom stereocenters. The van der Waals surface area contributed by atoms with Gasteiger partial charge in [-0.25, -0.2) is 0 Å². The molecule has 0 aliphatic heterocycles. The molecular weight excluding hydrogens is 162 g/mol. The number of hydrogen-bond acceptors (Lipinski definition) is 2. The molecule has 0 aromatic heterocycles. The molecule has 0 radical (unpaired) electrons. The second-order valence-electron chi connectivity index (χ2n) is 2.70. The van der Waals surface area contributed by atoms with E-state index in [-0.39, 0.29) is 0 Å². The Bertz CT molecular complexity index is 281. The molecule has 70 valence electrons. The summed E-state index contributed by atoms with van der Waals surface area (Å²) in [5.74, 6) is 0.912. The first-order valence-corrected chi connectivity index (χ1v) is 4.32. The summed E-state index contributed by atoms with van der Waals surface area (Å²) in [5.41, 5.74) is 1.11. The second-order valence-corrected chi connectivity index (χ2v) is 2.70. The molecule has 0 spiro atoms. The predicted molar refractivity (Wildman–Crippen MR) is 56.0 cm³/mol. The van der Waals surface area contributed by atoms with E-state index in [0.29, 0.717) is 0 Å². The third kappa shape index (κ3) is 2.92. The summed E-state index contributed by atoms with van der Waals surface area (Å²) in [5, 5.41) is 3.05. The van der Waals surface area contributed by atoms with Crippen LogP contribution >= 0.6 is 0 Å². The van der Waals surface area contributed by atoms with Crippen molar-refractivity contribution in [2.45, 2.75) is 0 Å². The molecule has 1 aromatic carbocycles. The van der Waals surface area contributed by atoms with Gasteiger partial charge in [-0.3, -0.25) is 0 Å². The van der Waals surface area contributed by atoms with E-state index >= 15 is 0 Å². The van der Waals surface area contributed by atoms with Crippen LogP contribution in [0.3, 0.4) is 0 Å². The minimum Gasteiger partial charge on any atom is -0.496 e. The standard InChI is InChI=1S/C11H15NO/c1-12-9-5-7-10-6-3-4-8-11(10)13-2/h3-8,12H,9H2,1-2H3/b7-5+. The molecule has 0 saturated carbocycles. The monoisotopic (exact) mass is 177 g/mol. The highest BCUT2D eigenvalue weighted by atomic mass is 16.5. The lowest BCUT2D eigenvalue weighted by Crippen LogP contribution is -2.03. The summed E-state index contributed by atoms with van der Waals surface area (Å²) in [6.45, 7) is 0.873. The summed E-state index contributed by atoms with van der Waals surface area (Å²) in [7, 11) is 3.61. The zero-order valence-electron chi connectivity index (χ0n) is 8.08. The molecule has 1 N–H and O–H groups in total. The fraction of sp³-hybridized carbons (Fsp3) is 0.273. The Morgan fingerprint density at radius 2 is 2.15 bits per heavy atom. The van der Waals surface area contributed by atoms with Crippen LogP contribution in [-0.2, 0) is 0 Å². The van der Waals surface area contributed by atoms with E-state index in [0.717, 1.165) is 17.9 Å². The number of nitrogens with one attached hydrogen (secondary N) is 1. The number of benzene rings is 1. The van der Waals surface area contributed by atoms with Crippen molar-refractivity contribution in [1.82, 2.24) is 5.32 Å². The van der Waals surface area contributed by atoms with Gasteiger partial charge in [-0.2, -0.15) is 0 Å². The van der Waals surface area contributed by atoms with E-state index in [1.54, 1.807) is 7.11 Å². The Morgan fingerprint density at radius 3 is 2.85 bits per heavy atom. The minimum atomic E-state index is 0.873. The highest BCUT2D eigenvalue weighted by Gasteiger charge is 1.94. The molecule has 2 nitrogen and oxygen atoms in total. The maximum absolute atomic E-state index is 5.20. The third-order valence-electron chi connectivity index (χ3n) is 1.76. The van der Waals surface area contributed by atoms with Gasteiger partial charge in [0.05, 0.1) is 7.11 Å². The largest absolute Gasteiger partial charge is 0.496 e. The predicted octanol–water partition coefficient (Wildman–Crippen LogP) is 1.93. The quantitative estimate of drug-likeness (QED) is 0.758. The number of likely N-dealkylation sites (N-methyl/N-ethyl adjacent to an activating group) is 1. The van der Waals surface area contributed by atoms with Crippen molar-refractivity contribution < 1.29 is 4.74 Å². The van der Waals surface area contributed by atoms with Crippen LogP contribution in [0.15, 0.2) is 30.3 Å². The fourth-order valence-electron chi connectivity index (χ4n) is 1.11. The number of hydrogen-bond donors (Lipinski definition) is 1. The molecule has 1 rings (SSSR count). The molecule has 0 aliphatic rings. The van der Waals surface area contributed by atoms with Crippen LogP contribution in [0.4, 0.5) is 0 Å². The van der Waals surface area contributed by atoms with E-state index in [9.17, 15) is 0 Å². The zero-order valence-corrected chi connectivity index (χ0v) is 8.08. The Morgan fingerprint density at radius 1 is 1.38 bits per heavy atom. The van der Waals surface area contributed by atoms with Crippen LogP contribution in [-0.4, -0.2) is 20.7 Å². The fourth-order valence-corrected chi connectivity index (χ4v) is 1.11. The lowest BCUT2D eigenvalue weighted by molar-refractivity contribution is 0.414. The first-order chi connectivity index (χ1) is 6.38. The van der Waals surface area contributed by atoms with Gasteiger partial charge in [0.2, 0.25) is 0 Å². The van der Waals surface area contributed by atoms with Gasteiger partial charge < -0.3 is 10.1 Å². The molecule has 0 aliphatic carbocycles. The summed E-state index contributed by atoms with van der Waals surface area (Å²) >= 11 is 0. The molecule has 0 fully saturated rings. The van der Waals surface area contributed by atoms with Crippen molar-refractivity contribution in [1.29, 1.82) is 0 Å². The van der Waals surface area contributed by atoms with Crippen LogP contribution in [0.25, 0.3) is 6.08 Å². The van der Waals surface area contributed by atoms with Crippen molar-refractivity contribution in [2.75, 3.05) is 20.7 Å². The van der Waals surface area contributed by atoms with Gasteiger partial charge >= 0.3 is 0 Å². The number of para-hydroxylation sites is 1. The average Bonchev–Trinajstić information content (AvgIpc) is 2.19. The average molecular weight is 177 g/mol. The van der Waals surface area contributed by atoms with Crippen molar-refractivity contribution in [3.63, 3.8) is 0 Å². The molecule has 13 heavy (non-hydrogen) atoms. The topological polar surface area (TPSA) is 21.3 Å². The number of rotatable bonds is 4. The third-order valence-corrected chi connectivity index (χ3v) is 1.76. The van der Waals surface area contributed by atoms with E-state index in [1.165, 1.54) is 0 Å². The normalized spacial score (nSPS) is 10.6. The van der Waals surface area contributed by atoms with E-state index < -0.39 is 0 Å². The summed E-state index contributed by atoms with van der Waals surface area (Å²) in [4.78, 5) is 0. The zero-order chi connectivity index (χ0) is 9.52. The minimum absolute atomic E-state index is 0.873. The molecule has 0 heterocycles. The van der Waals surface area contributed by atoms with Gasteiger partial charge in [-0.1, -0.05) is 30.4 Å². The second kappa shape index (κ2) is 5.38. The number of ether oxygens (including phenoxy) is 1. The van der Waals surface area contributed by atoms with Crippen molar-refractivity contribution in [2.24, 2.45) is 0 Å². The molecule has 1 aromatic rings. The van der Waals surface area contributed by atoms with Crippen molar-refractivity contribution in [3.05, 3.63) is 35.9 Å². The van der Waals surface area contributed by atoms with Crippen LogP contribution in [0.5, 0.6) is 5.75 Å². The summed E-state index contributed by atoms with van der Waals surface area (Å²) < 4.78 is 5.20. The maximum Gasteiger partial charge on any atom is 0.126 e. The number of methoxy groups -OCH3 is 1. The molecular formula is C11H15NO. The van der Waals surface area contributed by atoms with Gasteiger partial charge in [0.1, 0.15) is 5.75 Å². The summed E-state index contributed by atoms with van der Waals surface area (Å²) in [6, 6.07) is 7.96. The Kier molecular flexibility index (Phi) is 4.06. The molecule has 2 heteroatoms. The van der Waals surface area contributed by atoms with Gasteiger partial charge in [-0.15, -0.1) is 0 Å². The van der Waals surface area contributed by atoms with Crippen LogP contribution < -0.4 is 10.1 Å². The van der Waals surface area contributed by atoms with Gasteiger partial charge in [-0.05, 0) is 13.1 Å². The maximum atomic E-state index is 5.20. The molecule has 0 bridgehead atoms. The highest BCUT2D eigenvalue weighted by Crippen LogP contribution is 2.18. The Labute approximate surface area is 79.2 Å². The van der Waals surface area contributed by atoms with Crippen LogP contribution in [0.1, 0.15) is 5.56 Å². The lowest BCUT2D eigenvalue weighted by Gasteiger charge is -2.02. The van der Waals surface area contributed by atoms with Gasteiger partial charge in [0, 0.05) is 12.1 Å². The van der Waals surface area contributed by atoms with E-state index in [2.05, 4.69) is 17.5 Å². The molecule has 0 amide bonds. The van der Waals surface area contributed by atoms with Gasteiger partial charge in [0.15, 0.2) is 0 Å². The first kappa shape index (κ1) is 9.81. The smallest absolute Gasteiger partial charge is 0.126 e. The molecule has 0 unspecified atom stereocenters. The first-order valence-electron chi connectivity index (χ1n) is 4.32. The van der Waals surface area contributed by atoms with Gasteiger partial charge in [0.25, 0.3) is 0 Å².